The van der Waals surface area contributed by atoms with Crippen LogP contribution < -0.4 is 10.6 Å². The van der Waals surface area contributed by atoms with Gasteiger partial charge in [0.15, 0.2) is 0 Å². The van der Waals surface area contributed by atoms with E-state index >= 15 is 0 Å². The first-order chi connectivity index (χ1) is 14.9. The number of nitrogens with zero attached hydrogens (tertiary/aromatic N) is 3. The maximum atomic E-state index is 13.0. The first-order valence-electron chi connectivity index (χ1n) is 10.3. The summed E-state index contributed by atoms with van der Waals surface area (Å²) >= 11 is 1.24. The Morgan fingerprint density at radius 1 is 1.00 bits per heavy atom. The van der Waals surface area contributed by atoms with Gasteiger partial charge < -0.3 is 15.5 Å². The molecule has 1 fully saturated rings. The summed E-state index contributed by atoms with van der Waals surface area (Å²) in [4.78, 5) is 27.3. The van der Waals surface area contributed by atoms with Gasteiger partial charge in [0.2, 0.25) is 5.01 Å². The van der Waals surface area contributed by atoms with Crippen LogP contribution in [0.5, 0.6) is 0 Å². The molecule has 0 spiro atoms. The minimum absolute atomic E-state index is 0.156. The fourth-order valence-electron chi connectivity index (χ4n) is 3.61. The molecule has 7 nitrogen and oxygen atoms in total. The number of anilines is 2. The molecule has 1 aliphatic rings. The van der Waals surface area contributed by atoms with Crippen molar-refractivity contribution in [3.63, 3.8) is 0 Å². The predicted octanol–water partition coefficient (Wildman–Crippen LogP) is 5.08. The minimum atomic E-state index is -0.294. The first-order valence-corrected chi connectivity index (χ1v) is 11.1. The van der Waals surface area contributed by atoms with Gasteiger partial charge in [-0.2, -0.15) is 0 Å². The van der Waals surface area contributed by atoms with E-state index in [1.54, 1.807) is 4.90 Å². The van der Waals surface area contributed by atoms with Crippen molar-refractivity contribution in [2.45, 2.75) is 39.7 Å². The zero-order chi connectivity index (χ0) is 22.0. The van der Waals surface area contributed by atoms with Crippen molar-refractivity contribution in [2.75, 3.05) is 17.2 Å². The molecule has 1 saturated heterocycles. The summed E-state index contributed by atoms with van der Waals surface area (Å²) in [6.07, 6.45) is 1.68. The lowest BCUT2D eigenvalue weighted by molar-refractivity contribution is 0.102. The highest BCUT2D eigenvalue weighted by Crippen LogP contribution is 2.34. The molecule has 0 unspecified atom stereocenters. The van der Waals surface area contributed by atoms with Crippen LogP contribution in [0, 0.1) is 20.8 Å². The number of aromatic nitrogens is 2. The molecule has 1 atom stereocenters. The van der Waals surface area contributed by atoms with Crippen molar-refractivity contribution in [3.05, 3.63) is 69.2 Å². The number of likely N-dealkylation sites (tertiary alicyclic amines) is 1. The second kappa shape index (κ2) is 8.85. The highest BCUT2D eigenvalue weighted by molar-refractivity contribution is 7.13. The highest BCUT2D eigenvalue weighted by Gasteiger charge is 2.33. The number of urea groups is 1. The first kappa shape index (κ1) is 21.0. The number of aryl methyl sites for hydroxylation is 3. The van der Waals surface area contributed by atoms with Crippen LogP contribution in [0.15, 0.2) is 42.5 Å². The standard InChI is InChI=1S/C23H25N5O2S/c1-14-7-10-17(11-8-14)24-20(29)22-27-26-21(31-22)19-5-4-12-28(19)23(30)25-18-13-15(2)6-9-16(18)3/h6-11,13,19H,4-5,12H2,1-3H3,(H,24,29)(H,25,30)/t19-/m0/s1. The molecule has 3 amide bonds. The van der Waals surface area contributed by atoms with Gasteiger partial charge in [-0.05, 0) is 62.9 Å². The molecule has 8 heteroatoms. The summed E-state index contributed by atoms with van der Waals surface area (Å²) < 4.78 is 0. The number of carbonyl (C=O) groups excluding carboxylic acids is 2. The Balaban J connectivity index is 1.45. The van der Waals surface area contributed by atoms with Crippen LogP contribution in [-0.2, 0) is 0 Å². The van der Waals surface area contributed by atoms with Crippen molar-refractivity contribution < 1.29 is 9.59 Å². The van der Waals surface area contributed by atoms with Crippen molar-refractivity contribution in [3.8, 4) is 0 Å². The molecule has 0 bridgehead atoms. The average molecular weight is 436 g/mol. The summed E-state index contributed by atoms with van der Waals surface area (Å²) in [6, 6.07) is 13.2. The molecule has 1 aromatic heterocycles. The number of hydrogen-bond donors (Lipinski definition) is 2. The largest absolute Gasteiger partial charge is 0.322 e. The molecule has 3 aromatic rings. The Morgan fingerprint density at radius 3 is 2.52 bits per heavy atom. The second-order valence-corrected chi connectivity index (χ2v) is 8.87. The summed E-state index contributed by atoms with van der Waals surface area (Å²) in [7, 11) is 0. The van der Waals surface area contributed by atoms with E-state index in [4.69, 9.17) is 0 Å². The minimum Gasteiger partial charge on any atom is -0.320 e. The lowest BCUT2D eigenvalue weighted by Gasteiger charge is -2.23. The van der Waals surface area contributed by atoms with Crippen LogP contribution in [0.3, 0.4) is 0 Å². The Bertz CT molecular complexity index is 1110. The topological polar surface area (TPSA) is 87.2 Å². The van der Waals surface area contributed by atoms with Gasteiger partial charge in [0, 0.05) is 17.9 Å². The molecule has 1 aliphatic heterocycles. The van der Waals surface area contributed by atoms with E-state index in [-0.39, 0.29) is 23.0 Å². The van der Waals surface area contributed by atoms with Crippen molar-refractivity contribution >= 4 is 34.6 Å². The molecular weight excluding hydrogens is 410 g/mol. The average Bonchev–Trinajstić information content (AvgIpc) is 3.42. The van der Waals surface area contributed by atoms with Crippen LogP contribution in [0.1, 0.15) is 50.4 Å². The van der Waals surface area contributed by atoms with Crippen molar-refractivity contribution in [2.24, 2.45) is 0 Å². The third-order valence-electron chi connectivity index (χ3n) is 5.38. The van der Waals surface area contributed by atoms with Crippen LogP contribution in [0.4, 0.5) is 16.2 Å². The molecule has 31 heavy (non-hydrogen) atoms. The second-order valence-electron chi connectivity index (χ2n) is 7.87. The van der Waals surface area contributed by atoms with Gasteiger partial charge in [0.05, 0.1) is 6.04 Å². The molecule has 2 N–H and O–H groups in total. The Hall–Kier alpha value is -3.26. The molecular formula is C23H25N5O2S. The van der Waals surface area contributed by atoms with Crippen LogP contribution in [0.2, 0.25) is 0 Å². The lowest BCUT2D eigenvalue weighted by Crippen LogP contribution is -2.34. The summed E-state index contributed by atoms with van der Waals surface area (Å²) in [5, 5.41) is 15.1. The van der Waals surface area contributed by atoms with E-state index in [1.807, 2.05) is 63.2 Å². The Morgan fingerprint density at radius 2 is 1.74 bits per heavy atom. The predicted molar refractivity (Wildman–Crippen MR) is 123 cm³/mol. The number of carbonyl (C=O) groups is 2. The third kappa shape index (κ3) is 4.74. The summed E-state index contributed by atoms with van der Waals surface area (Å²) in [5.41, 5.74) is 4.75. The number of amides is 3. The molecule has 0 saturated carbocycles. The fourth-order valence-corrected chi connectivity index (χ4v) is 4.49. The van der Waals surface area contributed by atoms with Gasteiger partial charge in [-0.25, -0.2) is 4.79 Å². The van der Waals surface area contributed by atoms with E-state index in [2.05, 4.69) is 20.8 Å². The zero-order valence-electron chi connectivity index (χ0n) is 17.8. The number of benzene rings is 2. The van der Waals surface area contributed by atoms with Gasteiger partial charge >= 0.3 is 6.03 Å². The normalized spacial score (nSPS) is 15.7. The van der Waals surface area contributed by atoms with Gasteiger partial charge in [-0.1, -0.05) is 41.2 Å². The fraction of sp³-hybridized carbons (Fsp3) is 0.304. The van der Waals surface area contributed by atoms with Crippen molar-refractivity contribution in [1.82, 2.24) is 15.1 Å². The zero-order valence-corrected chi connectivity index (χ0v) is 18.6. The number of hydrogen-bond acceptors (Lipinski definition) is 5. The Kier molecular flexibility index (Phi) is 5.99. The monoisotopic (exact) mass is 435 g/mol. The van der Waals surface area contributed by atoms with E-state index in [0.717, 1.165) is 35.2 Å². The van der Waals surface area contributed by atoms with E-state index in [0.29, 0.717) is 17.2 Å². The van der Waals surface area contributed by atoms with Gasteiger partial charge in [-0.15, -0.1) is 10.2 Å². The smallest absolute Gasteiger partial charge is 0.320 e. The maximum absolute atomic E-state index is 13.0. The molecule has 2 aromatic carbocycles. The number of rotatable bonds is 4. The molecule has 2 heterocycles. The third-order valence-corrected chi connectivity index (χ3v) is 6.40. The summed E-state index contributed by atoms with van der Waals surface area (Å²) in [6.45, 7) is 6.61. The molecule has 160 valence electrons. The van der Waals surface area contributed by atoms with Gasteiger partial charge in [0.1, 0.15) is 5.01 Å². The summed E-state index contributed by atoms with van der Waals surface area (Å²) in [5.74, 6) is -0.294. The van der Waals surface area contributed by atoms with Crippen LogP contribution in [-0.4, -0.2) is 33.6 Å². The molecule has 0 radical (unpaired) electrons. The quantitative estimate of drug-likeness (QED) is 0.598. The van der Waals surface area contributed by atoms with E-state index in [9.17, 15) is 9.59 Å². The van der Waals surface area contributed by atoms with Crippen LogP contribution in [0.25, 0.3) is 0 Å². The SMILES string of the molecule is Cc1ccc(NC(=O)c2nnc([C@@H]3CCCN3C(=O)Nc3cc(C)ccc3C)s2)cc1. The van der Waals surface area contributed by atoms with Gasteiger partial charge in [0.25, 0.3) is 5.91 Å². The van der Waals surface area contributed by atoms with Gasteiger partial charge in [-0.3, -0.25) is 4.79 Å². The molecule has 4 rings (SSSR count). The Labute approximate surface area is 185 Å². The van der Waals surface area contributed by atoms with E-state index in [1.165, 1.54) is 11.3 Å². The molecule has 0 aliphatic carbocycles. The van der Waals surface area contributed by atoms with Crippen LogP contribution >= 0.6 is 11.3 Å². The maximum Gasteiger partial charge on any atom is 0.322 e. The lowest BCUT2D eigenvalue weighted by atomic mass is 10.1. The van der Waals surface area contributed by atoms with Crippen molar-refractivity contribution in [1.29, 1.82) is 0 Å². The van der Waals surface area contributed by atoms with E-state index < -0.39 is 0 Å². The number of nitrogens with one attached hydrogen (secondary N) is 2. The highest BCUT2D eigenvalue weighted by atomic mass is 32.1.